The number of piperidine rings is 1. The van der Waals surface area contributed by atoms with Crippen molar-refractivity contribution in [3.05, 3.63) is 0 Å². The summed E-state index contributed by atoms with van der Waals surface area (Å²) >= 11 is 0. The summed E-state index contributed by atoms with van der Waals surface area (Å²) in [6.45, 7) is 0.952. The number of carbonyl (C=O) groups is 2. The van der Waals surface area contributed by atoms with Crippen LogP contribution in [0.2, 0.25) is 0 Å². The van der Waals surface area contributed by atoms with Crippen LogP contribution in [0.4, 0.5) is 4.79 Å². The standard InChI is InChI=1S/C8H13NO4/c1-13-8(12)9-4-2-6(3-5-9)7(10)11/h6H,2-5H2,1H3,(H,10,11). The minimum Gasteiger partial charge on any atom is -0.481 e. The summed E-state index contributed by atoms with van der Waals surface area (Å²) in [7, 11) is 1.33. The van der Waals surface area contributed by atoms with Crippen molar-refractivity contribution in [3.8, 4) is 0 Å². The van der Waals surface area contributed by atoms with Crippen LogP contribution in [0.15, 0.2) is 0 Å². The molecule has 74 valence electrons. The van der Waals surface area contributed by atoms with Crippen LogP contribution in [0, 0.1) is 5.92 Å². The summed E-state index contributed by atoms with van der Waals surface area (Å²) in [6, 6.07) is 0. The van der Waals surface area contributed by atoms with Crippen molar-refractivity contribution in [1.82, 2.24) is 4.90 Å². The van der Waals surface area contributed by atoms with Crippen molar-refractivity contribution in [2.24, 2.45) is 5.92 Å². The van der Waals surface area contributed by atoms with Crippen LogP contribution in [0.5, 0.6) is 0 Å². The molecule has 0 aliphatic carbocycles. The molecule has 0 aromatic heterocycles. The fourth-order valence-electron chi connectivity index (χ4n) is 1.44. The van der Waals surface area contributed by atoms with Crippen molar-refractivity contribution in [1.29, 1.82) is 0 Å². The highest BCUT2D eigenvalue weighted by Gasteiger charge is 2.26. The van der Waals surface area contributed by atoms with Gasteiger partial charge in [0.15, 0.2) is 0 Å². The zero-order valence-electron chi connectivity index (χ0n) is 7.52. The van der Waals surface area contributed by atoms with Gasteiger partial charge in [-0.05, 0) is 12.8 Å². The molecule has 0 bridgehead atoms. The van der Waals surface area contributed by atoms with Gasteiger partial charge in [0, 0.05) is 13.1 Å². The quantitative estimate of drug-likeness (QED) is 0.651. The Labute approximate surface area is 76.3 Å². The van der Waals surface area contributed by atoms with E-state index in [0.717, 1.165) is 0 Å². The van der Waals surface area contributed by atoms with Crippen LogP contribution < -0.4 is 0 Å². The van der Waals surface area contributed by atoms with E-state index in [9.17, 15) is 9.59 Å². The molecule has 1 heterocycles. The lowest BCUT2D eigenvalue weighted by atomic mass is 9.97. The molecule has 1 amide bonds. The van der Waals surface area contributed by atoms with E-state index in [-0.39, 0.29) is 12.0 Å². The highest BCUT2D eigenvalue weighted by Crippen LogP contribution is 2.17. The number of likely N-dealkylation sites (tertiary alicyclic amines) is 1. The van der Waals surface area contributed by atoms with E-state index >= 15 is 0 Å². The molecular formula is C8H13NO4. The largest absolute Gasteiger partial charge is 0.481 e. The Hall–Kier alpha value is -1.26. The molecule has 5 nitrogen and oxygen atoms in total. The number of aliphatic carboxylic acids is 1. The predicted octanol–water partition coefficient (Wildman–Crippen LogP) is 0.549. The highest BCUT2D eigenvalue weighted by molar-refractivity contribution is 5.71. The van der Waals surface area contributed by atoms with Crippen LogP contribution >= 0.6 is 0 Å². The lowest BCUT2D eigenvalue weighted by Crippen LogP contribution is -2.40. The Morgan fingerprint density at radius 2 is 1.92 bits per heavy atom. The molecule has 0 aromatic rings. The second-order valence-corrected chi connectivity index (χ2v) is 3.07. The van der Waals surface area contributed by atoms with Gasteiger partial charge in [0.25, 0.3) is 0 Å². The molecule has 1 aliphatic rings. The highest BCUT2D eigenvalue weighted by atomic mass is 16.5. The number of nitrogens with zero attached hydrogens (tertiary/aromatic N) is 1. The number of methoxy groups -OCH3 is 1. The Morgan fingerprint density at radius 3 is 2.31 bits per heavy atom. The van der Waals surface area contributed by atoms with E-state index in [1.807, 2.05) is 0 Å². The van der Waals surface area contributed by atoms with Gasteiger partial charge in [-0.2, -0.15) is 0 Å². The van der Waals surface area contributed by atoms with Gasteiger partial charge in [-0.3, -0.25) is 4.79 Å². The maximum Gasteiger partial charge on any atom is 0.409 e. The maximum absolute atomic E-state index is 11.0. The van der Waals surface area contributed by atoms with Gasteiger partial charge in [0.1, 0.15) is 0 Å². The lowest BCUT2D eigenvalue weighted by Gasteiger charge is -2.28. The van der Waals surface area contributed by atoms with E-state index in [4.69, 9.17) is 5.11 Å². The number of carbonyl (C=O) groups excluding carboxylic acids is 1. The predicted molar refractivity (Wildman–Crippen MR) is 44.3 cm³/mol. The van der Waals surface area contributed by atoms with E-state index in [1.165, 1.54) is 12.0 Å². The monoisotopic (exact) mass is 187 g/mol. The van der Waals surface area contributed by atoms with Gasteiger partial charge < -0.3 is 14.7 Å². The summed E-state index contributed by atoms with van der Waals surface area (Å²) in [5.41, 5.74) is 0. The van der Waals surface area contributed by atoms with Crippen molar-refractivity contribution in [3.63, 3.8) is 0 Å². The van der Waals surface area contributed by atoms with Crippen molar-refractivity contribution >= 4 is 12.1 Å². The molecule has 0 spiro atoms. The van der Waals surface area contributed by atoms with Crippen LogP contribution in [0.1, 0.15) is 12.8 Å². The zero-order chi connectivity index (χ0) is 9.84. The summed E-state index contributed by atoms with van der Waals surface area (Å²) in [5, 5.41) is 8.69. The van der Waals surface area contributed by atoms with Gasteiger partial charge >= 0.3 is 12.1 Å². The first kappa shape index (κ1) is 9.83. The molecular weight excluding hydrogens is 174 g/mol. The second kappa shape index (κ2) is 4.11. The minimum atomic E-state index is -0.774. The minimum absolute atomic E-state index is 0.305. The van der Waals surface area contributed by atoms with Crippen molar-refractivity contribution in [2.75, 3.05) is 20.2 Å². The Morgan fingerprint density at radius 1 is 1.38 bits per heavy atom. The average molecular weight is 187 g/mol. The molecule has 1 N–H and O–H groups in total. The van der Waals surface area contributed by atoms with E-state index in [0.29, 0.717) is 25.9 Å². The first-order valence-corrected chi connectivity index (χ1v) is 4.21. The first-order chi connectivity index (χ1) is 6.15. The molecule has 0 saturated carbocycles. The number of ether oxygens (including phenoxy) is 1. The topological polar surface area (TPSA) is 66.8 Å². The Balaban J connectivity index is 2.39. The molecule has 1 fully saturated rings. The Kier molecular flexibility index (Phi) is 3.11. The zero-order valence-corrected chi connectivity index (χ0v) is 7.52. The van der Waals surface area contributed by atoms with Crippen molar-refractivity contribution in [2.45, 2.75) is 12.8 Å². The third kappa shape index (κ3) is 2.34. The molecule has 13 heavy (non-hydrogen) atoms. The van der Waals surface area contributed by atoms with Crippen LogP contribution in [-0.2, 0) is 9.53 Å². The molecule has 1 saturated heterocycles. The molecule has 1 aliphatic heterocycles. The summed E-state index contributed by atoms with van der Waals surface area (Å²) < 4.78 is 4.52. The number of hydrogen-bond acceptors (Lipinski definition) is 3. The van der Waals surface area contributed by atoms with Crippen LogP contribution in [-0.4, -0.2) is 42.3 Å². The normalized spacial score (nSPS) is 18.4. The molecule has 0 atom stereocenters. The van der Waals surface area contributed by atoms with E-state index < -0.39 is 5.97 Å². The van der Waals surface area contributed by atoms with Gasteiger partial charge in [0.2, 0.25) is 0 Å². The SMILES string of the molecule is COC(=O)N1CCC(C(=O)O)CC1. The molecule has 5 heteroatoms. The van der Waals surface area contributed by atoms with Gasteiger partial charge in [-0.1, -0.05) is 0 Å². The first-order valence-electron chi connectivity index (χ1n) is 4.21. The maximum atomic E-state index is 11.0. The third-order valence-electron chi connectivity index (χ3n) is 2.28. The van der Waals surface area contributed by atoms with Gasteiger partial charge in [-0.25, -0.2) is 4.79 Å². The van der Waals surface area contributed by atoms with E-state index in [2.05, 4.69) is 4.74 Å². The summed E-state index contributed by atoms with van der Waals surface area (Å²) in [5.74, 6) is -1.08. The summed E-state index contributed by atoms with van der Waals surface area (Å²) in [6.07, 6.45) is 0.665. The lowest BCUT2D eigenvalue weighted by molar-refractivity contribution is -0.143. The van der Waals surface area contributed by atoms with Crippen LogP contribution in [0.3, 0.4) is 0 Å². The number of carboxylic acids is 1. The smallest absolute Gasteiger partial charge is 0.409 e. The number of amides is 1. The van der Waals surface area contributed by atoms with Crippen LogP contribution in [0.25, 0.3) is 0 Å². The second-order valence-electron chi connectivity index (χ2n) is 3.07. The third-order valence-corrected chi connectivity index (χ3v) is 2.28. The molecule has 0 radical (unpaired) electrons. The number of carboxylic acid groups (broad SMARTS) is 1. The van der Waals surface area contributed by atoms with E-state index in [1.54, 1.807) is 0 Å². The fraction of sp³-hybridized carbons (Fsp3) is 0.750. The fourth-order valence-corrected chi connectivity index (χ4v) is 1.44. The van der Waals surface area contributed by atoms with Gasteiger partial charge in [-0.15, -0.1) is 0 Å². The molecule has 0 aromatic carbocycles. The average Bonchev–Trinajstić information content (AvgIpc) is 2.17. The Bertz CT molecular complexity index is 208. The number of hydrogen-bond donors (Lipinski definition) is 1. The summed E-state index contributed by atoms with van der Waals surface area (Å²) in [4.78, 5) is 23.1. The van der Waals surface area contributed by atoms with Crippen molar-refractivity contribution < 1.29 is 19.4 Å². The molecule has 1 rings (SSSR count). The van der Waals surface area contributed by atoms with Gasteiger partial charge in [0.05, 0.1) is 13.0 Å². The number of rotatable bonds is 1. The molecule has 0 unspecified atom stereocenters.